The lowest BCUT2D eigenvalue weighted by Gasteiger charge is -2.14. The van der Waals surface area contributed by atoms with Gasteiger partial charge in [0.05, 0.1) is 11.6 Å². The van der Waals surface area contributed by atoms with Crippen LogP contribution in [0.1, 0.15) is 32.5 Å². The van der Waals surface area contributed by atoms with Gasteiger partial charge >= 0.3 is 12.1 Å². The van der Waals surface area contributed by atoms with Gasteiger partial charge in [-0.25, -0.2) is 14.6 Å². The summed E-state index contributed by atoms with van der Waals surface area (Å²) in [5.41, 5.74) is 4.87. The van der Waals surface area contributed by atoms with E-state index < -0.39 is 18.0 Å². The molecule has 172 valence electrons. The van der Waals surface area contributed by atoms with E-state index in [2.05, 4.69) is 45.8 Å². The van der Waals surface area contributed by atoms with Crippen LogP contribution in [-0.4, -0.2) is 47.8 Å². The highest BCUT2D eigenvalue weighted by Crippen LogP contribution is 2.44. The summed E-state index contributed by atoms with van der Waals surface area (Å²) in [5, 5.41) is 15.9. The average molecular weight is 476 g/mol. The summed E-state index contributed by atoms with van der Waals surface area (Å²) in [7, 11) is 0. The molecule has 4 rings (SSSR count). The molecule has 0 atom stereocenters. The van der Waals surface area contributed by atoms with Crippen molar-refractivity contribution in [2.45, 2.75) is 12.3 Å². The fourth-order valence-corrected chi connectivity index (χ4v) is 4.56. The van der Waals surface area contributed by atoms with Crippen LogP contribution in [-0.2, 0) is 16.0 Å². The number of amides is 2. The normalized spacial score (nSPS) is 11.5. The predicted octanol–water partition coefficient (Wildman–Crippen LogP) is 3.04. The fourth-order valence-electron chi connectivity index (χ4n) is 3.79. The van der Waals surface area contributed by atoms with Crippen molar-refractivity contribution in [3.05, 3.63) is 75.7 Å². The van der Waals surface area contributed by atoms with Gasteiger partial charge in [0.25, 0.3) is 5.91 Å². The molecule has 0 radical (unpaired) electrons. The van der Waals surface area contributed by atoms with Gasteiger partial charge in [-0.05, 0) is 22.3 Å². The number of hydrogen-bond donors (Lipinski definition) is 3. The molecule has 0 unspecified atom stereocenters. The molecule has 1 aromatic heterocycles. The van der Waals surface area contributed by atoms with E-state index in [0.29, 0.717) is 18.0 Å². The highest BCUT2D eigenvalue weighted by molar-refractivity contribution is 7.09. The van der Waals surface area contributed by atoms with Gasteiger partial charge in [0, 0.05) is 30.2 Å². The second-order valence-electron chi connectivity index (χ2n) is 7.42. The van der Waals surface area contributed by atoms with Crippen molar-refractivity contribution < 1.29 is 24.2 Å². The van der Waals surface area contributed by atoms with Crippen molar-refractivity contribution in [2.24, 2.45) is 0 Å². The maximum Gasteiger partial charge on any atom is 0.407 e. The monoisotopic (exact) mass is 475 g/mol. The van der Waals surface area contributed by atoms with Crippen LogP contribution in [0.5, 0.6) is 0 Å². The average Bonchev–Trinajstić information content (AvgIpc) is 3.43. The number of carbonyl (C=O) groups excluding carboxylic acids is 2. The van der Waals surface area contributed by atoms with Crippen LogP contribution in [0.25, 0.3) is 11.1 Å². The van der Waals surface area contributed by atoms with Crippen molar-refractivity contribution in [1.82, 2.24) is 15.6 Å². The van der Waals surface area contributed by atoms with Gasteiger partial charge in [0.15, 0.2) is 0 Å². The number of rotatable bonds is 7. The van der Waals surface area contributed by atoms with Gasteiger partial charge in [-0.15, -0.1) is 11.3 Å². The van der Waals surface area contributed by atoms with E-state index in [0.717, 1.165) is 11.1 Å². The van der Waals surface area contributed by atoms with Crippen LogP contribution in [0.2, 0.25) is 0 Å². The molecule has 0 bridgehead atoms. The number of nitrogens with one attached hydrogen (secondary N) is 2. The SMILES string of the molecule is O=C(O)C#CCNC(=O)c1csc(CCNC(=O)OCC2c3ccccc3-c3ccccc32)n1. The Kier molecular flexibility index (Phi) is 7.20. The van der Waals surface area contributed by atoms with Crippen LogP contribution in [0, 0.1) is 11.8 Å². The lowest BCUT2D eigenvalue weighted by atomic mass is 9.98. The van der Waals surface area contributed by atoms with Gasteiger partial charge in [0.2, 0.25) is 0 Å². The first-order valence-corrected chi connectivity index (χ1v) is 11.4. The first kappa shape index (κ1) is 23.0. The summed E-state index contributed by atoms with van der Waals surface area (Å²) in [5.74, 6) is 2.54. The summed E-state index contributed by atoms with van der Waals surface area (Å²) in [6, 6.07) is 16.3. The summed E-state index contributed by atoms with van der Waals surface area (Å²) >= 11 is 1.30. The molecule has 1 aliphatic carbocycles. The first-order valence-electron chi connectivity index (χ1n) is 10.6. The maximum absolute atomic E-state index is 12.3. The van der Waals surface area contributed by atoms with Crippen LogP contribution in [0.3, 0.4) is 0 Å². The Balaban J connectivity index is 1.23. The van der Waals surface area contributed by atoms with E-state index in [1.807, 2.05) is 30.2 Å². The van der Waals surface area contributed by atoms with Crippen molar-refractivity contribution in [3.63, 3.8) is 0 Å². The van der Waals surface area contributed by atoms with E-state index in [-0.39, 0.29) is 24.8 Å². The van der Waals surface area contributed by atoms with Gasteiger partial charge in [0.1, 0.15) is 12.3 Å². The summed E-state index contributed by atoms with van der Waals surface area (Å²) in [6.45, 7) is 0.475. The Morgan fingerprint density at radius 1 is 1.03 bits per heavy atom. The van der Waals surface area contributed by atoms with Crippen molar-refractivity contribution in [3.8, 4) is 23.0 Å². The number of nitrogens with zero attached hydrogens (tertiary/aromatic N) is 1. The Labute approximate surface area is 200 Å². The standard InChI is InChI=1S/C25H21N3O5S/c29-23(30)10-5-12-26-24(31)21-15-34-22(28-21)11-13-27-25(32)33-14-20-18-8-3-1-6-16(18)17-7-2-4-9-19(17)20/h1-4,6-9,15,20H,11-14H2,(H,26,31)(H,27,32)(H,29,30). The Morgan fingerprint density at radius 3 is 2.38 bits per heavy atom. The Bertz CT molecular complexity index is 1250. The number of thiazole rings is 1. The number of carboxylic acid groups (broad SMARTS) is 1. The molecule has 3 aromatic rings. The molecule has 0 spiro atoms. The molecule has 3 N–H and O–H groups in total. The van der Waals surface area contributed by atoms with Crippen molar-refractivity contribution >= 4 is 29.3 Å². The summed E-state index contributed by atoms with van der Waals surface area (Å²) < 4.78 is 5.51. The van der Waals surface area contributed by atoms with Crippen LogP contribution in [0.4, 0.5) is 4.79 Å². The minimum absolute atomic E-state index is 0.00151. The number of benzene rings is 2. The lowest BCUT2D eigenvalue weighted by Crippen LogP contribution is -2.28. The number of ether oxygens (including phenoxy) is 1. The minimum Gasteiger partial charge on any atom is -0.472 e. The zero-order valence-corrected chi connectivity index (χ0v) is 18.9. The number of carbonyl (C=O) groups is 3. The van der Waals surface area contributed by atoms with Crippen molar-refractivity contribution in [1.29, 1.82) is 0 Å². The molecule has 1 heterocycles. The molecule has 1 aliphatic rings. The van der Waals surface area contributed by atoms with Crippen LogP contribution in [0.15, 0.2) is 53.9 Å². The molecule has 0 fully saturated rings. The smallest absolute Gasteiger partial charge is 0.407 e. The topological polar surface area (TPSA) is 118 Å². The van der Waals surface area contributed by atoms with Gasteiger partial charge in [-0.1, -0.05) is 54.5 Å². The molecule has 8 nitrogen and oxygen atoms in total. The Hall–Kier alpha value is -4.16. The summed E-state index contributed by atoms with van der Waals surface area (Å²) in [4.78, 5) is 38.8. The zero-order chi connectivity index (χ0) is 23.9. The molecule has 9 heteroatoms. The van der Waals surface area contributed by atoms with E-state index >= 15 is 0 Å². The van der Waals surface area contributed by atoms with E-state index in [9.17, 15) is 14.4 Å². The molecule has 0 aliphatic heterocycles. The van der Waals surface area contributed by atoms with E-state index in [1.54, 1.807) is 5.38 Å². The molecule has 34 heavy (non-hydrogen) atoms. The van der Waals surface area contributed by atoms with Crippen molar-refractivity contribution in [2.75, 3.05) is 19.7 Å². The third-order valence-electron chi connectivity index (χ3n) is 5.27. The highest BCUT2D eigenvalue weighted by atomic mass is 32.1. The molecule has 0 saturated carbocycles. The first-order chi connectivity index (χ1) is 16.5. The second-order valence-corrected chi connectivity index (χ2v) is 8.36. The van der Waals surface area contributed by atoms with E-state index in [1.165, 1.54) is 22.5 Å². The molecule has 0 saturated heterocycles. The summed E-state index contributed by atoms with van der Waals surface area (Å²) in [6.07, 6.45) is -0.0607. The predicted molar refractivity (Wildman–Crippen MR) is 127 cm³/mol. The van der Waals surface area contributed by atoms with Crippen LogP contribution >= 0.6 is 11.3 Å². The van der Waals surface area contributed by atoms with Gasteiger partial charge in [-0.3, -0.25) is 4.79 Å². The molecular formula is C25H21N3O5S. The highest BCUT2D eigenvalue weighted by Gasteiger charge is 2.28. The fraction of sp³-hybridized carbons (Fsp3) is 0.200. The third-order valence-corrected chi connectivity index (χ3v) is 6.18. The molecule has 2 aromatic carbocycles. The quantitative estimate of drug-likeness (QED) is 0.452. The molecular weight excluding hydrogens is 454 g/mol. The Morgan fingerprint density at radius 2 is 1.71 bits per heavy atom. The molecule has 2 amide bonds. The van der Waals surface area contributed by atoms with Crippen LogP contribution < -0.4 is 10.6 Å². The maximum atomic E-state index is 12.3. The number of carboxylic acids is 1. The number of aliphatic carboxylic acids is 1. The van der Waals surface area contributed by atoms with Gasteiger partial charge < -0.3 is 20.5 Å². The lowest BCUT2D eigenvalue weighted by molar-refractivity contribution is -0.130. The van der Waals surface area contributed by atoms with E-state index in [4.69, 9.17) is 9.84 Å². The number of hydrogen-bond acceptors (Lipinski definition) is 6. The number of alkyl carbamates (subject to hydrolysis) is 1. The number of aromatic nitrogens is 1. The largest absolute Gasteiger partial charge is 0.472 e. The third kappa shape index (κ3) is 5.42. The second kappa shape index (κ2) is 10.6. The number of fused-ring (bicyclic) bond motifs is 3. The minimum atomic E-state index is -1.26. The zero-order valence-electron chi connectivity index (χ0n) is 18.0. The van der Waals surface area contributed by atoms with Gasteiger partial charge in [-0.2, -0.15) is 0 Å².